The summed E-state index contributed by atoms with van der Waals surface area (Å²) in [5, 5.41) is 0. The molecule has 0 bridgehead atoms. The number of thioether (sulfide) groups is 1. The van der Waals surface area contributed by atoms with Crippen molar-refractivity contribution < 1.29 is 9.59 Å². The quantitative estimate of drug-likeness (QED) is 0.770. The molecule has 1 aliphatic heterocycles. The van der Waals surface area contributed by atoms with Gasteiger partial charge in [-0.25, -0.2) is 0 Å². The Morgan fingerprint density at radius 2 is 1.92 bits per heavy atom. The molecule has 0 radical (unpaired) electrons. The van der Waals surface area contributed by atoms with Crippen LogP contribution in [0.25, 0.3) is 5.57 Å². The number of nitrogens with zero attached hydrogens (tertiary/aromatic N) is 2. The SMILES string of the molecule is CCSC1=C(c2ccc(C)cc2C)C(=O)N(Cc2cccnc2)C1=O. The number of aromatic nitrogens is 1. The topological polar surface area (TPSA) is 50.3 Å². The Balaban J connectivity index is 2.02. The van der Waals surface area contributed by atoms with E-state index in [1.807, 2.05) is 45.0 Å². The van der Waals surface area contributed by atoms with Crippen LogP contribution in [0.15, 0.2) is 47.6 Å². The van der Waals surface area contributed by atoms with Gasteiger partial charge in [-0.15, -0.1) is 11.8 Å². The summed E-state index contributed by atoms with van der Waals surface area (Å²) in [4.78, 5) is 31.9. The molecule has 2 amide bonds. The van der Waals surface area contributed by atoms with E-state index in [0.717, 1.165) is 28.0 Å². The molecule has 3 rings (SSSR count). The lowest BCUT2D eigenvalue weighted by Crippen LogP contribution is -2.31. The molecule has 1 aromatic heterocycles. The van der Waals surface area contributed by atoms with Crippen LogP contribution in [-0.2, 0) is 16.1 Å². The Labute approximate surface area is 152 Å². The average Bonchev–Trinajstić information content (AvgIpc) is 2.81. The van der Waals surface area contributed by atoms with Crippen LogP contribution in [0.3, 0.4) is 0 Å². The first-order chi connectivity index (χ1) is 12.0. The number of hydrogen-bond acceptors (Lipinski definition) is 4. The first kappa shape index (κ1) is 17.4. The molecule has 0 fully saturated rings. The highest BCUT2D eigenvalue weighted by molar-refractivity contribution is 8.04. The molecule has 2 aromatic rings. The molecule has 0 unspecified atom stereocenters. The van der Waals surface area contributed by atoms with Crippen molar-refractivity contribution >= 4 is 29.1 Å². The Hall–Kier alpha value is -2.40. The minimum Gasteiger partial charge on any atom is -0.269 e. The molecular weight excluding hydrogens is 332 g/mol. The van der Waals surface area contributed by atoms with E-state index in [4.69, 9.17) is 0 Å². The summed E-state index contributed by atoms with van der Waals surface area (Å²) in [5.74, 6) is 0.302. The van der Waals surface area contributed by atoms with Gasteiger partial charge < -0.3 is 0 Å². The third-order valence-corrected chi connectivity index (χ3v) is 5.08. The number of hydrogen-bond donors (Lipinski definition) is 0. The predicted molar refractivity (Wildman–Crippen MR) is 101 cm³/mol. The van der Waals surface area contributed by atoms with Crippen LogP contribution in [0.5, 0.6) is 0 Å². The lowest BCUT2D eigenvalue weighted by Gasteiger charge is -2.15. The fourth-order valence-corrected chi connectivity index (χ4v) is 3.85. The van der Waals surface area contributed by atoms with Crippen LogP contribution < -0.4 is 0 Å². The van der Waals surface area contributed by atoms with E-state index in [9.17, 15) is 9.59 Å². The molecule has 2 heterocycles. The van der Waals surface area contributed by atoms with Crippen molar-refractivity contribution in [2.24, 2.45) is 0 Å². The monoisotopic (exact) mass is 352 g/mol. The van der Waals surface area contributed by atoms with Gasteiger partial charge in [0.25, 0.3) is 11.8 Å². The van der Waals surface area contributed by atoms with Crippen LogP contribution in [-0.4, -0.2) is 27.5 Å². The molecule has 0 saturated heterocycles. The summed E-state index contributed by atoms with van der Waals surface area (Å²) in [6, 6.07) is 9.63. The fourth-order valence-electron chi connectivity index (χ4n) is 2.98. The lowest BCUT2D eigenvalue weighted by molar-refractivity contribution is -0.137. The molecular formula is C20H20N2O2S. The number of aryl methyl sites for hydroxylation is 2. The maximum absolute atomic E-state index is 13.1. The van der Waals surface area contributed by atoms with Crippen molar-refractivity contribution in [2.45, 2.75) is 27.3 Å². The summed E-state index contributed by atoms with van der Waals surface area (Å²) in [6.07, 6.45) is 3.36. The largest absolute Gasteiger partial charge is 0.269 e. The Morgan fingerprint density at radius 1 is 1.12 bits per heavy atom. The van der Waals surface area contributed by atoms with Crippen LogP contribution in [0.1, 0.15) is 29.2 Å². The number of amides is 2. The minimum absolute atomic E-state index is 0.212. The summed E-state index contributed by atoms with van der Waals surface area (Å²) in [7, 11) is 0. The van der Waals surface area contributed by atoms with Gasteiger partial charge in [0, 0.05) is 12.4 Å². The van der Waals surface area contributed by atoms with Crippen LogP contribution in [0.2, 0.25) is 0 Å². The third-order valence-electron chi connectivity index (χ3n) is 4.13. The molecule has 0 saturated carbocycles. The zero-order valence-corrected chi connectivity index (χ0v) is 15.4. The van der Waals surface area contributed by atoms with E-state index in [1.165, 1.54) is 16.7 Å². The van der Waals surface area contributed by atoms with E-state index in [0.29, 0.717) is 10.5 Å². The zero-order chi connectivity index (χ0) is 18.0. The summed E-state index contributed by atoms with van der Waals surface area (Å²) in [5.41, 5.74) is 4.35. The number of carbonyl (C=O) groups is 2. The molecule has 25 heavy (non-hydrogen) atoms. The van der Waals surface area contributed by atoms with Gasteiger partial charge in [0.1, 0.15) is 0 Å². The summed E-state index contributed by atoms with van der Waals surface area (Å²) < 4.78 is 0. The second-order valence-corrected chi connectivity index (χ2v) is 7.29. The van der Waals surface area contributed by atoms with Gasteiger partial charge in [0.15, 0.2) is 0 Å². The molecule has 0 atom stereocenters. The van der Waals surface area contributed by atoms with Gasteiger partial charge in [-0.2, -0.15) is 0 Å². The van der Waals surface area contributed by atoms with E-state index < -0.39 is 0 Å². The van der Waals surface area contributed by atoms with E-state index in [1.54, 1.807) is 18.5 Å². The number of carbonyl (C=O) groups excluding carboxylic acids is 2. The van der Waals surface area contributed by atoms with Crippen molar-refractivity contribution in [2.75, 3.05) is 5.75 Å². The Morgan fingerprint density at radius 3 is 2.56 bits per heavy atom. The average molecular weight is 352 g/mol. The maximum Gasteiger partial charge on any atom is 0.268 e. The van der Waals surface area contributed by atoms with Gasteiger partial charge in [0.2, 0.25) is 0 Å². The highest BCUT2D eigenvalue weighted by Crippen LogP contribution is 2.37. The van der Waals surface area contributed by atoms with Crippen LogP contribution in [0.4, 0.5) is 0 Å². The molecule has 0 spiro atoms. The Kier molecular flexibility index (Phi) is 5.04. The normalized spacial score (nSPS) is 14.6. The van der Waals surface area contributed by atoms with Gasteiger partial charge >= 0.3 is 0 Å². The first-order valence-corrected chi connectivity index (χ1v) is 9.21. The Bertz CT molecular complexity index is 859. The molecule has 128 valence electrons. The van der Waals surface area contributed by atoms with Crippen molar-refractivity contribution in [3.05, 3.63) is 69.9 Å². The summed E-state index contributed by atoms with van der Waals surface area (Å²) >= 11 is 1.43. The molecule has 0 N–H and O–H groups in total. The van der Waals surface area contributed by atoms with Crippen molar-refractivity contribution in [3.63, 3.8) is 0 Å². The standard InChI is InChI=1S/C20H20N2O2S/c1-4-25-18-17(16-8-7-13(2)10-14(16)3)19(23)22(20(18)24)12-15-6-5-9-21-11-15/h5-11H,4,12H2,1-3H3. The molecule has 5 heteroatoms. The van der Waals surface area contributed by atoms with E-state index >= 15 is 0 Å². The zero-order valence-electron chi connectivity index (χ0n) is 14.6. The highest BCUT2D eigenvalue weighted by Gasteiger charge is 2.39. The van der Waals surface area contributed by atoms with Gasteiger partial charge in [0.05, 0.1) is 17.0 Å². The van der Waals surface area contributed by atoms with Crippen LogP contribution >= 0.6 is 11.8 Å². The van der Waals surface area contributed by atoms with Crippen LogP contribution in [0, 0.1) is 13.8 Å². The third kappa shape index (κ3) is 3.37. The second-order valence-electron chi connectivity index (χ2n) is 6.01. The number of rotatable bonds is 5. The van der Waals surface area contributed by atoms with Crippen molar-refractivity contribution in [3.8, 4) is 0 Å². The van der Waals surface area contributed by atoms with Gasteiger partial charge in [-0.1, -0.05) is 36.8 Å². The predicted octanol–water partition coefficient (Wildman–Crippen LogP) is 3.73. The molecule has 1 aromatic carbocycles. The fraction of sp³-hybridized carbons (Fsp3) is 0.250. The van der Waals surface area contributed by atoms with Gasteiger partial charge in [-0.3, -0.25) is 19.5 Å². The van der Waals surface area contributed by atoms with Crippen molar-refractivity contribution in [1.82, 2.24) is 9.88 Å². The van der Waals surface area contributed by atoms with E-state index in [2.05, 4.69) is 4.98 Å². The molecule has 1 aliphatic rings. The van der Waals surface area contributed by atoms with Gasteiger partial charge in [-0.05, 0) is 42.4 Å². The molecule has 0 aliphatic carbocycles. The smallest absolute Gasteiger partial charge is 0.268 e. The summed E-state index contributed by atoms with van der Waals surface area (Å²) in [6.45, 7) is 6.22. The maximum atomic E-state index is 13.1. The highest BCUT2D eigenvalue weighted by atomic mass is 32.2. The number of benzene rings is 1. The molecule has 4 nitrogen and oxygen atoms in total. The minimum atomic E-state index is -0.225. The number of pyridine rings is 1. The second kappa shape index (κ2) is 7.23. The van der Waals surface area contributed by atoms with Crippen molar-refractivity contribution in [1.29, 1.82) is 0 Å². The first-order valence-electron chi connectivity index (χ1n) is 8.22. The van der Waals surface area contributed by atoms with E-state index in [-0.39, 0.29) is 18.4 Å². The number of imide groups is 1. The lowest BCUT2D eigenvalue weighted by atomic mass is 9.99.